The van der Waals surface area contributed by atoms with Gasteiger partial charge in [-0.3, -0.25) is 4.79 Å². The molecule has 146 valence electrons. The number of nitrogens with zero attached hydrogens (tertiary/aromatic N) is 1. The van der Waals surface area contributed by atoms with Crippen LogP contribution in [0.1, 0.15) is 57.6 Å². The molecular formula is C23H32N2O2. The zero-order valence-corrected chi connectivity index (χ0v) is 16.7. The molecule has 2 atom stereocenters. The maximum atomic E-state index is 10.9. The molecule has 1 aromatic heterocycles. The molecule has 4 heteroatoms. The number of benzene rings is 1. The molecule has 0 amide bonds. The molecule has 4 nitrogen and oxygen atoms in total. The van der Waals surface area contributed by atoms with Crippen LogP contribution in [0.5, 0.6) is 0 Å². The van der Waals surface area contributed by atoms with Gasteiger partial charge in [-0.1, -0.05) is 39.3 Å². The molecule has 1 heterocycles. The molecule has 0 aliphatic rings. The minimum absolute atomic E-state index is 0.230. The Hall–Kier alpha value is -2.36. The second kappa shape index (κ2) is 10.7. The van der Waals surface area contributed by atoms with E-state index in [2.05, 4.69) is 60.5 Å². The van der Waals surface area contributed by atoms with Gasteiger partial charge < -0.3 is 10.4 Å². The molecular weight excluding hydrogens is 336 g/mol. The lowest BCUT2D eigenvalue weighted by Crippen LogP contribution is -2.11. The molecule has 2 N–H and O–H groups in total. The minimum Gasteiger partial charge on any atom is -0.481 e. The highest BCUT2D eigenvalue weighted by Gasteiger charge is 2.14. The van der Waals surface area contributed by atoms with Crippen molar-refractivity contribution < 1.29 is 9.90 Å². The van der Waals surface area contributed by atoms with Crippen molar-refractivity contribution in [2.45, 2.75) is 59.3 Å². The van der Waals surface area contributed by atoms with Crippen molar-refractivity contribution >= 4 is 17.5 Å². The van der Waals surface area contributed by atoms with Gasteiger partial charge in [0.15, 0.2) is 0 Å². The molecule has 0 radical (unpaired) electrons. The van der Waals surface area contributed by atoms with Gasteiger partial charge in [0.05, 0.1) is 0 Å². The van der Waals surface area contributed by atoms with E-state index < -0.39 is 5.97 Å². The lowest BCUT2D eigenvalue weighted by atomic mass is 9.87. The second-order valence-corrected chi connectivity index (χ2v) is 7.48. The number of carboxylic acid groups (broad SMARTS) is 1. The highest BCUT2D eigenvalue weighted by molar-refractivity contribution is 5.66. The first-order chi connectivity index (χ1) is 13.0. The van der Waals surface area contributed by atoms with Crippen LogP contribution in [0, 0.1) is 11.8 Å². The number of anilines is 2. The summed E-state index contributed by atoms with van der Waals surface area (Å²) in [6, 6.07) is 12.6. The number of hydrogen-bond donors (Lipinski definition) is 2. The fourth-order valence-electron chi connectivity index (χ4n) is 3.52. The number of carbonyl (C=O) groups is 1. The first-order valence-corrected chi connectivity index (χ1v) is 10.0. The predicted molar refractivity (Wildman–Crippen MR) is 111 cm³/mol. The van der Waals surface area contributed by atoms with Crippen LogP contribution in [-0.4, -0.2) is 16.1 Å². The number of pyridine rings is 1. The number of nitrogens with one attached hydrogen (secondary N) is 1. The molecule has 27 heavy (non-hydrogen) atoms. The topological polar surface area (TPSA) is 62.2 Å². The zero-order valence-electron chi connectivity index (χ0n) is 16.7. The molecule has 0 fully saturated rings. The number of aryl methyl sites for hydroxylation is 2. The van der Waals surface area contributed by atoms with E-state index in [1.165, 1.54) is 11.1 Å². The van der Waals surface area contributed by atoms with Crippen molar-refractivity contribution in [3.05, 3.63) is 53.7 Å². The Labute approximate surface area is 163 Å². The number of rotatable bonds is 11. The fourth-order valence-corrected chi connectivity index (χ4v) is 3.52. The Bertz CT molecular complexity index is 730. The van der Waals surface area contributed by atoms with Gasteiger partial charge in [0.25, 0.3) is 0 Å². The average Bonchev–Trinajstić information content (AvgIpc) is 2.65. The van der Waals surface area contributed by atoms with Crippen LogP contribution in [0.15, 0.2) is 42.6 Å². The van der Waals surface area contributed by atoms with Gasteiger partial charge in [-0.25, -0.2) is 4.98 Å². The van der Waals surface area contributed by atoms with E-state index in [1.54, 1.807) is 0 Å². The van der Waals surface area contributed by atoms with Gasteiger partial charge in [-0.15, -0.1) is 0 Å². The third-order valence-electron chi connectivity index (χ3n) is 5.11. The summed E-state index contributed by atoms with van der Waals surface area (Å²) in [7, 11) is 0. The Balaban J connectivity index is 1.93. The number of aliphatic carboxylic acids is 1. The van der Waals surface area contributed by atoms with Crippen molar-refractivity contribution in [3.63, 3.8) is 0 Å². The average molecular weight is 369 g/mol. The fraction of sp³-hybridized carbons (Fsp3) is 0.478. The van der Waals surface area contributed by atoms with E-state index >= 15 is 0 Å². The first kappa shape index (κ1) is 20.9. The van der Waals surface area contributed by atoms with E-state index in [0.717, 1.165) is 43.6 Å². The molecule has 2 aromatic rings. The molecule has 0 saturated heterocycles. The summed E-state index contributed by atoms with van der Waals surface area (Å²) in [5.74, 6) is 0.959. The third-order valence-corrected chi connectivity index (χ3v) is 5.11. The quantitative estimate of drug-likeness (QED) is 0.522. The molecule has 0 aliphatic heterocycles. The van der Waals surface area contributed by atoms with Gasteiger partial charge in [0.1, 0.15) is 5.82 Å². The van der Waals surface area contributed by atoms with Crippen LogP contribution in [0.4, 0.5) is 11.5 Å². The van der Waals surface area contributed by atoms with Crippen LogP contribution in [0.25, 0.3) is 0 Å². The predicted octanol–water partition coefficient (Wildman–Crippen LogP) is 5.85. The summed E-state index contributed by atoms with van der Waals surface area (Å²) in [6.07, 6.45) is 7.26. The number of carboxylic acids is 1. The largest absolute Gasteiger partial charge is 0.481 e. The first-order valence-electron chi connectivity index (χ1n) is 10.0. The molecule has 1 aromatic carbocycles. The molecule has 0 bridgehead atoms. The van der Waals surface area contributed by atoms with Crippen LogP contribution in [0.3, 0.4) is 0 Å². The van der Waals surface area contributed by atoms with E-state index in [0.29, 0.717) is 5.92 Å². The van der Waals surface area contributed by atoms with Crippen LogP contribution in [-0.2, 0) is 17.6 Å². The van der Waals surface area contributed by atoms with Crippen molar-refractivity contribution in [1.29, 1.82) is 0 Å². The maximum Gasteiger partial charge on any atom is 0.303 e. The molecule has 0 spiro atoms. The van der Waals surface area contributed by atoms with Crippen LogP contribution in [0.2, 0.25) is 0 Å². The number of aromatic nitrogens is 1. The van der Waals surface area contributed by atoms with E-state index in [-0.39, 0.29) is 12.3 Å². The van der Waals surface area contributed by atoms with Crippen LogP contribution >= 0.6 is 0 Å². The lowest BCUT2D eigenvalue weighted by Gasteiger charge is -2.18. The minimum atomic E-state index is -0.700. The summed E-state index contributed by atoms with van der Waals surface area (Å²) in [4.78, 5) is 15.3. The van der Waals surface area contributed by atoms with E-state index in [4.69, 9.17) is 5.11 Å². The summed E-state index contributed by atoms with van der Waals surface area (Å²) in [6.45, 7) is 6.38. The van der Waals surface area contributed by atoms with Gasteiger partial charge in [0, 0.05) is 18.3 Å². The lowest BCUT2D eigenvalue weighted by molar-refractivity contribution is -0.138. The molecule has 2 unspecified atom stereocenters. The molecule has 0 aliphatic carbocycles. The summed E-state index contributed by atoms with van der Waals surface area (Å²) in [5.41, 5.74) is 3.63. The van der Waals surface area contributed by atoms with Crippen molar-refractivity contribution in [2.24, 2.45) is 11.8 Å². The van der Waals surface area contributed by atoms with Gasteiger partial charge in [0.2, 0.25) is 0 Å². The Kier molecular flexibility index (Phi) is 8.31. The van der Waals surface area contributed by atoms with Gasteiger partial charge in [-0.2, -0.15) is 0 Å². The normalized spacial score (nSPS) is 13.1. The van der Waals surface area contributed by atoms with Crippen molar-refractivity contribution in [3.8, 4) is 0 Å². The Morgan fingerprint density at radius 1 is 1.19 bits per heavy atom. The highest BCUT2D eigenvalue weighted by atomic mass is 16.4. The summed E-state index contributed by atoms with van der Waals surface area (Å²) < 4.78 is 0. The van der Waals surface area contributed by atoms with Gasteiger partial charge in [-0.05, 0) is 72.9 Å². The third kappa shape index (κ3) is 7.41. The zero-order chi connectivity index (χ0) is 19.6. The summed E-state index contributed by atoms with van der Waals surface area (Å²) >= 11 is 0. The van der Waals surface area contributed by atoms with Crippen LogP contribution < -0.4 is 5.32 Å². The smallest absolute Gasteiger partial charge is 0.303 e. The molecule has 2 rings (SSSR count). The van der Waals surface area contributed by atoms with E-state index in [9.17, 15) is 4.79 Å². The monoisotopic (exact) mass is 368 g/mol. The standard InChI is InChI=1S/C23H32N2O2/c1-4-18-7-6-8-21(15-18)25-22-16-20(11-12-24-22)10-9-19(5-2)13-17(3)14-23(26)27/h6-8,11-12,15-17,19H,4-5,9-10,13-14H2,1-3H3,(H,24,25)(H,26,27). The number of hydrogen-bond acceptors (Lipinski definition) is 3. The Morgan fingerprint density at radius 3 is 2.70 bits per heavy atom. The van der Waals surface area contributed by atoms with Gasteiger partial charge >= 0.3 is 5.97 Å². The van der Waals surface area contributed by atoms with Crippen molar-refractivity contribution in [1.82, 2.24) is 4.98 Å². The summed E-state index contributed by atoms with van der Waals surface area (Å²) in [5, 5.41) is 12.3. The SMILES string of the molecule is CCc1cccc(Nc2cc(CCC(CC)CC(C)CC(=O)O)ccn2)c1. The molecule has 0 saturated carbocycles. The van der Waals surface area contributed by atoms with E-state index in [1.807, 2.05) is 13.1 Å². The highest BCUT2D eigenvalue weighted by Crippen LogP contribution is 2.24. The van der Waals surface area contributed by atoms with Crippen molar-refractivity contribution in [2.75, 3.05) is 5.32 Å². The maximum absolute atomic E-state index is 10.9. The Morgan fingerprint density at radius 2 is 2.00 bits per heavy atom. The second-order valence-electron chi connectivity index (χ2n) is 7.48.